The summed E-state index contributed by atoms with van der Waals surface area (Å²) in [6, 6.07) is 6.42. The van der Waals surface area contributed by atoms with E-state index in [1.807, 2.05) is 0 Å². The summed E-state index contributed by atoms with van der Waals surface area (Å²) in [5, 5.41) is 0. The van der Waals surface area contributed by atoms with Crippen molar-refractivity contribution in [1.82, 2.24) is 4.90 Å². The van der Waals surface area contributed by atoms with Crippen molar-refractivity contribution in [2.24, 2.45) is 0 Å². The number of hydrogen-bond acceptors (Lipinski definition) is 2. The minimum absolute atomic E-state index is 0.961. The van der Waals surface area contributed by atoms with Gasteiger partial charge in [-0.2, -0.15) is 0 Å². The highest BCUT2D eigenvalue weighted by molar-refractivity contribution is 5.61. The van der Waals surface area contributed by atoms with Gasteiger partial charge in [-0.25, -0.2) is 0 Å². The van der Waals surface area contributed by atoms with Gasteiger partial charge in [0.25, 0.3) is 0 Å². The van der Waals surface area contributed by atoms with Gasteiger partial charge >= 0.3 is 0 Å². The van der Waals surface area contributed by atoms with E-state index in [1.165, 1.54) is 55.6 Å². The Kier molecular flexibility index (Phi) is 2.79. The molecular weight excluding hydrogens is 210 g/mol. The van der Waals surface area contributed by atoms with E-state index in [2.05, 4.69) is 29.2 Å². The van der Waals surface area contributed by atoms with Crippen LogP contribution in [0.3, 0.4) is 0 Å². The minimum atomic E-state index is 0.961. The molecule has 2 nitrogen and oxygen atoms in total. The van der Waals surface area contributed by atoms with Gasteiger partial charge in [0.05, 0.1) is 7.11 Å². The van der Waals surface area contributed by atoms with Crippen LogP contribution in [0.5, 0.6) is 5.75 Å². The molecule has 0 bridgehead atoms. The number of nitrogens with zero attached hydrogens (tertiary/aromatic N) is 1. The van der Waals surface area contributed by atoms with Crippen LogP contribution in [0.15, 0.2) is 23.9 Å². The molecule has 0 amide bonds. The van der Waals surface area contributed by atoms with E-state index in [0.717, 1.165) is 5.75 Å². The number of likely N-dealkylation sites (tertiary alicyclic amines) is 1. The summed E-state index contributed by atoms with van der Waals surface area (Å²) in [4.78, 5) is 2.54. The van der Waals surface area contributed by atoms with Gasteiger partial charge in [0.2, 0.25) is 0 Å². The first-order chi connectivity index (χ1) is 8.36. The van der Waals surface area contributed by atoms with Crippen molar-refractivity contribution < 1.29 is 4.74 Å². The van der Waals surface area contributed by atoms with Crippen LogP contribution in [0.4, 0.5) is 0 Å². The molecule has 1 aliphatic carbocycles. The summed E-state index contributed by atoms with van der Waals surface area (Å²) in [6.07, 6.45) is 7.41. The van der Waals surface area contributed by atoms with Crippen LogP contribution in [0.1, 0.15) is 30.4 Å². The van der Waals surface area contributed by atoms with Gasteiger partial charge in [-0.1, -0.05) is 6.07 Å². The summed E-state index contributed by atoms with van der Waals surface area (Å²) < 4.78 is 5.30. The SMILES string of the molecule is COc1ccc2c(c1)C=C(N1CCCC1)CC2. The Morgan fingerprint density at radius 1 is 1.12 bits per heavy atom. The molecule has 0 unspecified atom stereocenters. The Labute approximate surface area is 103 Å². The predicted octanol–water partition coefficient (Wildman–Crippen LogP) is 3.08. The molecule has 3 rings (SSSR count). The second-order valence-electron chi connectivity index (χ2n) is 4.89. The maximum Gasteiger partial charge on any atom is 0.119 e. The smallest absolute Gasteiger partial charge is 0.119 e. The standard InChI is InChI=1S/C15H19NO/c1-17-15-7-5-12-4-6-14(10-13(12)11-15)16-8-2-3-9-16/h5,7,10-11H,2-4,6,8-9H2,1H3. The zero-order valence-electron chi connectivity index (χ0n) is 10.4. The van der Waals surface area contributed by atoms with E-state index in [1.54, 1.807) is 7.11 Å². The van der Waals surface area contributed by atoms with Gasteiger partial charge in [-0.15, -0.1) is 0 Å². The van der Waals surface area contributed by atoms with Crippen LogP contribution in [0.2, 0.25) is 0 Å². The number of benzene rings is 1. The number of aryl methyl sites for hydroxylation is 1. The van der Waals surface area contributed by atoms with Gasteiger partial charge in [0.15, 0.2) is 0 Å². The Morgan fingerprint density at radius 2 is 1.94 bits per heavy atom. The average Bonchev–Trinajstić information content (AvgIpc) is 2.91. The Hall–Kier alpha value is -1.44. The van der Waals surface area contributed by atoms with E-state index >= 15 is 0 Å². The minimum Gasteiger partial charge on any atom is -0.497 e. The van der Waals surface area contributed by atoms with Crippen LogP contribution in [0, 0.1) is 0 Å². The zero-order valence-corrected chi connectivity index (χ0v) is 10.4. The molecule has 2 heteroatoms. The molecule has 90 valence electrons. The molecule has 1 heterocycles. The highest BCUT2D eigenvalue weighted by Gasteiger charge is 2.18. The molecule has 1 aromatic rings. The molecule has 0 atom stereocenters. The van der Waals surface area contributed by atoms with Crippen LogP contribution in [0.25, 0.3) is 6.08 Å². The fraction of sp³-hybridized carbons (Fsp3) is 0.467. The number of hydrogen-bond donors (Lipinski definition) is 0. The molecule has 0 saturated carbocycles. The molecule has 0 spiro atoms. The van der Waals surface area contributed by atoms with Crippen LogP contribution in [-0.4, -0.2) is 25.1 Å². The molecule has 0 radical (unpaired) electrons. The number of fused-ring (bicyclic) bond motifs is 1. The molecule has 1 aromatic carbocycles. The predicted molar refractivity (Wildman–Crippen MR) is 70.1 cm³/mol. The van der Waals surface area contributed by atoms with Crippen molar-refractivity contribution in [1.29, 1.82) is 0 Å². The fourth-order valence-corrected chi connectivity index (χ4v) is 2.83. The van der Waals surface area contributed by atoms with Crippen molar-refractivity contribution in [3.05, 3.63) is 35.0 Å². The summed E-state index contributed by atoms with van der Waals surface area (Å²) in [5.41, 5.74) is 4.31. The van der Waals surface area contributed by atoms with Crippen molar-refractivity contribution >= 4 is 6.08 Å². The van der Waals surface area contributed by atoms with Gasteiger partial charge in [-0.3, -0.25) is 0 Å². The van der Waals surface area contributed by atoms with E-state index in [-0.39, 0.29) is 0 Å². The van der Waals surface area contributed by atoms with Crippen molar-refractivity contribution in [3.63, 3.8) is 0 Å². The van der Waals surface area contributed by atoms with Gasteiger partial charge in [0, 0.05) is 18.8 Å². The Morgan fingerprint density at radius 3 is 2.71 bits per heavy atom. The zero-order chi connectivity index (χ0) is 11.7. The second kappa shape index (κ2) is 4.44. The van der Waals surface area contributed by atoms with E-state index in [0.29, 0.717) is 0 Å². The van der Waals surface area contributed by atoms with Crippen molar-refractivity contribution in [3.8, 4) is 5.75 Å². The molecule has 1 aliphatic heterocycles. The van der Waals surface area contributed by atoms with Gasteiger partial charge in [-0.05, 0) is 55.0 Å². The Balaban J connectivity index is 1.91. The average molecular weight is 229 g/mol. The highest BCUT2D eigenvalue weighted by atomic mass is 16.5. The summed E-state index contributed by atoms with van der Waals surface area (Å²) in [5.74, 6) is 0.961. The lowest BCUT2D eigenvalue weighted by Gasteiger charge is -2.25. The second-order valence-corrected chi connectivity index (χ2v) is 4.89. The van der Waals surface area contributed by atoms with E-state index in [4.69, 9.17) is 4.74 Å². The summed E-state index contributed by atoms with van der Waals surface area (Å²) in [7, 11) is 1.73. The quantitative estimate of drug-likeness (QED) is 0.772. The topological polar surface area (TPSA) is 12.5 Å². The largest absolute Gasteiger partial charge is 0.497 e. The molecule has 0 aromatic heterocycles. The van der Waals surface area contributed by atoms with Crippen LogP contribution < -0.4 is 4.74 Å². The first-order valence-corrected chi connectivity index (χ1v) is 6.49. The number of ether oxygens (including phenoxy) is 1. The van der Waals surface area contributed by atoms with Crippen LogP contribution in [-0.2, 0) is 6.42 Å². The third kappa shape index (κ3) is 2.04. The lowest BCUT2D eigenvalue weighted by atomic mass is 9.94. The van der Waals surface area contributed by atoms with Crippen molar-refractivity contribution in [2.45, 2.75) is 25.7 Å². The Bertz CT molecular complexity index is 444. The fourth-order valence-electron chi connectivity index (χ4n) is 2.83. The third-order valence-corrected chi connectivity index (χ3v) is 3.84. The number of allylic oxidation sites excluding steroid dienone is 1. The first kappa shape index (κ1) is 10.7. The first-order valence-electron chi connectivity index (χ1n) is 6.49. The molecular formula is C15H19NO. The molecule has 1 fully saturated rings. The lowest BCUT2D eigenvalue weighted by Crippen LogP contribution is -2.20. The van der Waals surface area contributed by atoms with Gasteiger partial charge < -0.3 is 9.64 Å². The monoisotopic (exact) mass is 229 g/mol. The van der Waals surface area contributed by atoms with Crippen LogP contribution >= 0.6 is 0 Å². The lowest BCUT2D eigenvalue weighted by molar-refractivity contribution is 0.408. The summed E-state index contributed by atoms with van der Waals surface area (Å²) in [6.45, 7) is 2.48. The van der Waals surface area contributed by atoms with Crippen molar-refractivity contribution in [2.75, 3.05) is 20.2 Å². The van der Waals surface area contributed by atoms with E-state index < -0.39 is 0 Å². The number of rotatable bonds is 2. The van der Waals surface area contributed by atoms with E-state index in [9.17, 15) is 0 Å². The highest BCUT2D eigenvalue weighted by Crippen LogP contribution is 2.30. The molecule has 1 saturated heterocycles. The number of methoxy groups -OCH3 is 1. The maximum absolute atomic E-state index is 5.30. The molecule has 0 N–H and O–H groups in total. The van der Waals surface area contributed by atoms with Gasteiger partial charge in [0.1, 0.15) is 5.75 Å². The third-order valence-electron chi connectivity index (χ3n) is 3.84. The molecule has 17 heavy (non-hydrogen) atoms. The maximum atomic E-state index is 5.30. The molecule has 2 aliphatic rings. The summed E-state index contributed by atoms with van der Waals surface area (Å²) >= 11 is 0. The normalized spacial score (nSPS) is 18.9.